The number of likely N-dealkylation sites (N-methyl/N-ethyl adjacent to an activating group) is 1. The molecule has 0 radical (unpaired) electrons. The number of phosphoric acid groups is 1. The number of hydrogen-bond acceptors (Lipinski definition) is 5. The van der Waals surface area contributed by atoms with Crippen molar-refractivity contribution in [3.05, 3.63) is 85.1 Å². The van der Waals surface area contributed by atoms with Crippen LogP contribution in [0, 0.1) is 0 Å². The van der Waals surface area contributed by atoms with Gasteiger partial charge in [0.1, 0.15) is 13.2 Å². The van der Waals surface area contributed by atoms with E-state index in [0.717, 1.165) is 70.6 Å². The van der Waals surface area contributed by atoms with E-state index in [2.05, 4.69) is 92.1 Å². The van der Waals surface area contributed by atoms with Crippen molar-refractivity contribution in [3.63, 3.8) is 0 Å². The van der Waals surface area contributed by atoms with Gasteiger partial charge in [0.05, 0.1) is 39.9 Å². The van der Waals surface area contributed by atoms with Gasteiger partial charge in [0, 0.05) is 6.42 Å². The molecule has 0 aromatic heterocycles. The molecule has 9 heteroatoms. The number of nitrogens with zero attached hydrogens (tertiary/aromatic N) is 1. The lowest BCUT2D eigenvalue weighted by Gasteiger charge is -2.25. The van der Waals surface area contributed by atoms with Gasteiger partial charge in [-0.2, -0.15) is 0 Å². The van der Waals surface area contributed by atoms with Crippen LogP contribution in [0.25, 0.3) is 0 Å². The number of carbonyl (C=O) groups is 1. The van der Waals surface area contributed by atoms with Gasteiger partial charge < -0.3 is 19.8 Å². The van der Waals surface area contributed by atoms with Crippen LogP contribution in [0.4, 0.5) is 0 Å². The van der Waals surface area contributed by atoms with Gasteiger partial charge in [-0.25, -0.2) is 4.57 Å². The molecule has 0 spiro atoms. The number of quaternary nitrogens is 1. The SMILES string of the molecule is CC/C=C\C/C=C\C/C=C\C/C=C\CCCCCCCCCCCCCCCCC(=O)NC(COP(=O)(O)OCC[N+](C)(C)C)C(O)/C=C/CC/C=C/CC/C=C/CCCCCCCCCCCC. The minimum atomic E-state index is -4.36. The molecule has 69 heavy (non-hydrogen) atoms. The van der Waals surface area contributed by atoms with Crippen molar-refractivity contribution >= 4 is 13.7 Å². The lowest BCUT2D eigenvalue weighted by Crippen LogP contribution is -2.45. The molecule has 0 aromatic rings. The molecule has 1 amide bonds. The van der Waals surface area contributed by atoms with E-state index >= 15 is 0 Å². The standard InChI is InChI=1S/C60H109N2O6P/c1-6-8-10-12-14-16-18-20-22-24-26-28-29-30-31-32-33-34-36-38-40-42-44-46-48-50-52-54-60(64)61-58(57-68-69(65,66)67-56-55-62(3,4)5)59(63)53-51-49-47-45-43-41-39-37-35-27-25-23-21-19-17-15-13-11-9-7-2/h8,10,14,16,20,22,26,28,35,37,43,45,51,53,58-59,63H,6-7,9,11-13,15,17-19,21,23-25,27,29-34,36,38-42,44,46-50,52,54-57H2,1-5H3,(H-,61,64,65,66)/p+1/b10-8-,16-14-,22-20-,28-26-,37-35+,45-43+,53-51+. The van der Waals surface area contributed by atoms with Gasteiger partial charge in [0.25, 0.3) is 0 Å². The number of allylic oxidation sites excluding steroid dienone is 13. The molecule has 0 heterocycles. The largest absolute Gasteiger partial charge is 0.472 e. The second-order valence-corrected chi connectivity index (χ2v) is 21.7. The maximum atomic E-state index is 13.0. The third-order valence-electron chi connectivity index (χ3n) is 12.3. The van der Waals surface area contributed by atoms with Crippen molar-refractivity contribution in [2.45, 2.75) is 251 Å². The van der Waals surface area contributed by atoms with Crippen molar-refractivity contribution in [3.8, 4) is 0 Å². The molecular formula is C60H110N2O6P+. The second kappa shape index (κ2) is 50.6. The van der Waals surface area contributed by atoms with Gasteiger partial charge in [-0.05, 0) is 83.5 Å². The predicted octanol–water partition coefficient (Wildman–Crippen LogP) is 17.3. The molecule has 0 aliphatic rings. The van der Waals surface area contributed by atoms with E-state index in [1.165, 1.54) is 148 Å². The van der Waals surface area contributed by atoms with Crippen molar-refractivity contribution in [2.75, 3.05) is 40.9 Å². The zero-order chi connectivity index (χ0) is 50.6. The van der Waals surface area contributed by atoms with Crippen LogP contribution in [-0.2, 0) is 18.4 Å². The highest BCUT2D eigenvalue weighted by molar-refractivity contribution is 7.47. The Hall–Kier alpha value is -2.32. The Kier molecular flexibility index (Phi) is 48.9. The van der Waals surface area contributed by atoms with Crippen molar-refractivity contribution in [1.29, 1.82) is 0 Å². The Morgan fingerprint density at radius 1 is 0.507 bits per heavy atom. The van der Waals surface area contributed by atoms with Crippen LogP contribution >= 0.6 is 7.82 Å². The van der Waals surface area contributed by atoms with Crippen molar-refractivity contribution in [1.82, 2.24) is 5.32 Å². The van der Waals surface area contributed by atoms with Crippen LogP contribution in [0.1, 0.15) is 239 Å². The maximum Gasteiger partial charge on any atom is 0.472 e. The fraction of sp³-hybridized carbons (Fsp3) is 0.750. The highest BCUT2D eigenvalue weighted by Gasteiger charge is 2.27. The fourth-order valence-corrected chi connectivity index (χ4v) is 8.62. The van der Waals surface area contributed by atoms with Crippen LogP contribution in [0.5, 0.6) is 0 Å². The van der Waals surface area contributed by atoms with Crippen LogP contribution in [-0.4, -0.2) is 73.4 Å². The van der Waals surface area contributed by atoms with E-state index in [-0.39, 0.29) is 19.1 Å². The summed E-state index contributed by atoms with van der Waals surface area (Å²) in [4.78, 5) is 23.3. The third-order valence-corrected chi connectivity index (χ3v) is 13.3. The summed E-state index contributed by atoms with van der Waals surface area (Å²) in [6.45, 7) is 4.68. The second-order valence-electron chi connectivity index (χ2n) is 20.3. The molecule has 0 saturated carbocycles. The molecule has 3 atom stereocenters. The molecule has 8 nitrogen and oxygen atoms in total. The number of aliphatic hydroxyl groups is 1. The fourth-order valence-electron chi connectivity index (χ4n) is 7.89. The molecule has 0 saturated heterocycles. The lowest BCUT2D eigenvalue weighted by molar-refractivity contribution is -0.870. The third kappa shape index (κ3) is 53.3. The molecule has 0 rings (SSSR count). The lowest BCUT2D eigenvalue weighted by atomic mass is 10.0. The zero-order valence-corrected chi connectivity index (χ0v) is 46.4. The topological polar surface area (TPSA) is 105 Å². The smallest absolute Gasteiger partial charge is 0.387 e. The summed E-state index contributed by atoms with van der Waals surface area (Å²) in [5.74, 6) is -0.193. The highest BCUT2D eigenvalue weighted by atomic mass is 31.2. The number of unbranched alkanes of at least 4 members (excludes halogenated alkanes) is 26. The number of nitrogens with one attached hydrogen (secondary N) is 1. The minimum Gasteiger partial charge on any atom is -0.387 e. The minimum absolute atomic E-state index is 0.0505. The molecule has 0 aliphatic carbocycles. The first-order valence-electron chi connectivity index (χ1n) is 28.5. The number of hydrogen-bond donors (Lipinski definition) is 3. The molecule has 0 aliphatic heterocycles. The summed E-state index contributed by atoms with van der Waals surface area (Å²) in [7, 11) is 1.54. The van der Waals surface area contributed by atoms with Gasteiger partial charge in [-0.15, -0.1) is 0 Å². The summed E-state index contributed by atoms with van der Waals surface area (Å²) in [5.41, 5.74) is 0. The number of aliphatic hydroxyl groups excluding tert-OH is 1. The summed E-state index contributed by atoms with van der Waals surface area (Å²) in [6.07, 6.45) is 71.1. The average Bonchev–Trinajstić information content (AvgIpc) is 3.31. The van der Waals surface area contributed by atoms with Crippen LogP contribution < -0.4 is 5.32 Å². The summed E-state index contributed by atoms with van der Waals surface area (Å²) < 4.78 is 23.7. The summed E-state index contributed by atoms with van der Waals surface area (Å²) in [6, 6.07) is -0.875. The van der Waals surface area contributed by atoms with E-state index in [9.17, 15) is 19.4 Å². The van der Waals surface area contributed by atoms with E-state index in [4.69, 9.17) is 9.05 Å². The van der Waals surface area contributed by atoms with E-state index in [1.54, 1.807) is 6.08 Å². The number of carbonyl (C=O) groups excluding carboxylic acids is 1. The van der Waals surface area contributed by atoms with Gasteiger partial charge in [-0.3, -0.25) is 13.8 Å². The molecule has 0 fully saturated rings. The zero-order valence-electron chi connectivity index (χ0n) is 45.5. The Morgan fingerprint density at radius 2 is 0.884 bits per heavy atom. The van der Waals surface area contributed by atoms with Crippen molar-refractivity contribution < 1.29 is 32.9 Å². The summed E-state index contributed by atoms with van der Waals surface area (Å²) in [5, 5.41) is 13.9. The van der Waals surface area contributed by atoms with Gasteiger partial charge in [0.2, 0.25) is 5.91 Å². The van der Waals surface area contributed by atoms with E-state index < -0.39 is 20.0 Å². The first kappa shape index (κ1) is 66.7. The monoisotopic (exact) mass is 986 g/mol. The quantitative estimate of drug-likeness (QED) is 0.0243. The molecule has 3 N–H and O–H groups in total. The first-order chi connectivity index (χ1) is 33.5. The Bertz CT molecular complexity index is 1400. The Morgan fingerprint density at radius 3 is 1.33 bits per heavy atom. The molecule has 400 valence electrons. The van der Waals surface area contributed by atoms with E-state index in [0.29, 0.717) is 17.4 Å². The first-order valence-corrected chi connectivity index (χ1v) is 30.0. The normalized spacial score (nSPS) is 14.6. The summed E-state index contributed by atoms with van der Waals surface area (Å²) >= 11 is 0. The Balaban J connectivity index is 4.27. The molecule has 3 unspecified atom stereocenters. The van der Waals surface area contributed by atoms with Gasteiger partial charge >= 0.3 is 7.82 Å². The van der Waals surface area contributed by atoms with Crippen molar-refractivity contribution in [2.24, 2.45) is 0 Å². The van der Waals surface area contributed by atoms with Gasteiger partial charge in [-0.1, -0.05) is 234 Å². The molecule has 0 bridgehead atoms. The average molecular weight is 987 g/mol. The maximum absolute atomic E-state index is 13.0. The predicted molar refractivity (Wildman–Crippen MR) is 299 cm³/mol. The van der Waals surface area contributed by atoms with Crippen LogP contribution in [0.15, 0.2) is 85.1 Å². The highest BCUT2D eigenvalue weighted by Crippen LogP contribution is 2.43. The molecular weight excluding hydrogens is 876 g/mol. The van der Waals surface area contributed by atoms with E-state index in [1.807, 2.05) is 27.2 Å². The van der Waals surface area contributed by atoms with Gasteiger partial charge in [0.15, 0.2) is 0 Å². The number of phosphoric ester groups is 1. The van der Waals surface area contributed by atoms with Crippen LogP contribution in [0.2, 0.25) is 0 Å². The van der Waals surface area contributed by atoms with Crippen LogP contribution in [0.3, 0.4) is 0 Å². The Labute approximate surface area is 426 Å². The number of amides is 1. The molecule has 0 aromatic carbocycles. The number of rotatable bonds is 51.